The number of hydrogen-bond donors (Lipinski definition) is 3. The van der Waals surface area contributed by atoms with E-state index in [2.05, 4.69) is 5.32 Å². The van der Waals surface area contributed by atoms with E-state index in [1.165, 1.54) is 18.2 Å². The molecule has 2 aromatic rings. The lowest BCUT2D eigenvalue weighted by Crippen LogP contribution is -2.34. The third-order valence-electron chi connectivity index (χ3n) is 3.41. The van der Waals surface area contributed by atoms with Gasteiger partial charge >= 0.3 is 12.1 Å². The molecule has 2 aromatic carbocycles. The molecular weight excluding hydrogens is 337 g/mol. The van der Waals surface area contributed by atoms with Crippen LogP contribution in [-0.4, -0.2) is 23.0 Å². The molecule has 2 rings (SSSR count). The molecule has 1 amide bonds. The second-order valence-electron chi connectivity index (χ2n) is 5.35. The predicted octanol–water partition coefficient (Wildman–Crippen LogP) is 3.11. The van der Waals surface area contributed by atoms with Crippen molar-refractivity contribution in [2.75, 3.05) is 5.32 Å². The van der Waals surface area contributed by atoms with Crippen molar-refractivity contribution in [1.82, 2.24) is 0 Å². The first-order valence-corrected chi connectivity index (χ1v) is 7.23. The number of carbonyl (C=O) groups is 2. The quantitative estimate of drug-likeness (QED) is 0.771. The van der Waals surface area contributed by atoms with Crippen LogP contribution in [0.25, 0.3) is 11.1 Å². The van der Waals surface area contributed by atoms with E-state index in [0.717, 1.165) is 12.1 Å². The molecule has 25 heavy (non-hydrogen) atoms. The maximum atomic E-state index is 12.8. The van der Waals surface area contributed by atoms with Gasteiger partial charge in [-0.05, 0) is 35.4 Å². The van der Waals surface area contributed by atoms with Crippen molar-refractivity contribution < 1.29 is 27.9 Å². The fraction of sp³-hybridized carbons (Fsp3) is 0.176. The summed E-state index contributed by atoms with van der Waals surface area (Å²) in [5.74, 6) is -1.85. The van der Waals surface area contributed by atoms with Gasteiger partial charge in [-0.2, -0.15) is 13.2 Å². The van der Waals surface area contributed by atoms with Gasteiger partial charge in [0.1, 0.15) is 6.04 Å². The Bertz CT molecular complexity index is 773. The normalized spacial score (nSPS) is 12.5. The third kappa shape index (κ3) is 5.05. The van der Waals surface area contributed by atoms with Gasteiger partial charge in [-0.3, -0.25) is 9.59 Å². The Kier molecular flexibility index (Phi) is 5.43. The molecule has 0 aliphatic heterocycles. The number of hydrogen-bond acceptors (Lipinski definition) is 3. The summed E-state index contributed by atoms with van der Waals surface area (Å²) in [4.78, 5) is 22.3. The second kappa shape index (κ2) is 7.35. The number of benzene rings is 2. The van der Waals surface area contributed by atoms with Crippen molar-refractivity contribution in [1.29, 1.82) is 0 Å². The van der Waals surface area contributed by atoms with Crippen LogP contribution in [0.5, 0.6) is 0 Å². The van der Waals surface area contributed by atoms with Crippen molar-refractivity contribution in [3.8, 4) is 11.1 Å². The molecule has 0 spiro atoms. The Morgan fingerprint density at radius 1 is 1.08 bits per heavy atom. The zero-order valence-electron chi connectivity index (χ0n) is 12.9. The van der Waals surface area contributed by atoms with Gasteiger partial charge in [-0.1, -0.05) is 24.3 Å². The molecule has 0 radical (unpaired) electrons. The topological polar surface area (TPSA) is 92.4 Å². The lowest BCUT2D eigenvalue weighted by Gasteiger charge is -2.10. The van der Waals surface area contributed by atoms with Crippen LogP contribution in [0.1, 0.15) is 12.0 Å². The van der Waals surface area contributed by atoms with Crippen molar-refractivity contribution in [3.05, 3.63) is 54.1 Å². The van der Waals surface area contributed by atoms with Gasteiger partial charge in [-0.15, -0.1) is 0 Å². The highest BCUT2D eigenvalue weighted by Crippen LogP contribution is 2.32. The minimum atomic E-state index is -4.42. The van der Waals surface area contributed by atoms with E-state index in [1.54, 1.807) is 18.2 Å². The average molecular weight is 352 g/mol. The van der Waals surface area contributed by atoms with E-state index in [4.69, 9.17) is 10.8 Å². The van der Waals surface area contributed by atoms with E-state index in [0.29, 0.717) is 16.8 Å². The Labute approximate surface area is 141 Å². The van der Waals surface area contributed by atoms with Crippen molar-refractivity contribution >= 4 is 17.6 Å². The highest BCUT2D eigenvalue weighted by atomic mass is 19.4. The maximum Gasteiger partial charge on any atom is 0.416 e. The van der Waals surface area contributed by atoms with Crippen LogP contribution in [0.3, 0.4) is 0 Å². The summed E-state index contributed by atoms with van der Waals surface area (Å²) in [7, 11) is 0. The van der Waals surface area contributed by atoms with E-state index >= 15 is 0 Å². The number of alkyl halides is 3. The average Bonchev–Trinajstić information content (AvgIpc) is 2.54. The van der Waals surface area contributed by atoms with Crippen LogP contribution < -0.4 is 11.1 Å². The Morgan fingerprint density at radius 3 is 2.28 bits per heavy atom. The van der Waals surface area contributed by atoms with E-state index < -0.39 is 29.7 Å². The Balaban J connectivity index is 2.10. The molecule has 0 bridgehead atoms. The van der Waals surface area contributed by atoms with Crippen LogP contribution in [0.2, 0.25) is 0 Å². The summed E-state index contributed by atoms with van der Waals surface area (Å²) >= 11 is 0. The van der Waals surface area contributed by atoms with Gasteiger partial charge in [0, 0.05) is 5.69 Å². The molecule has 0 fully saturated rings. The van der Waals surface area contributed by atoms with Crippen LogP contribution in [0, 0.1) is 0 Å². The van der Waals surface area contributed by atoms with Crippen molar-refractivity contribution in [2.24, 2.45) is 5.73 Å². The number of anilines is 1. The number of carboxylic acid groups (broad SMARTS) is 1. The first-order valence-electron chi connectivity index (χ1n) is 7.23. The van der Waals surface area contributed by atoms with Gasteiger partial charge in [0.2, 0.25) is 5.91 Å². The molecule has 132 valence electrons. The molecule has 8 heteroatoms. The van der Waals surface area contributed by atoms with Gasteiger partial charge in [0.15, 0.2) is 0 Å². The van der Waals surface area contributed by atoms with Gasteiger partial charge in [0.25, 0.3) is 0 Å². The Hall–Kier alpha value is -2.87. The molecule has 0 unspecified atom stereocenters. The number of carboxylic acids is 1. The molecule has 0 saturated heterocycles. The number of nitrogens with one attached hydrogen (secondary N) is 1. The number of carbonyl (C=O) groups excluding carboxylic acids is 1. The van der Waals surface area contributed by atoms with Gasteiger partial charge < -0.3 is 16.2 Å². The van der Waals surface area contributed by atoms with E-state index in [9.17, 15) is 22.8 Å². The molecule has 0 heterocycles. The number of rotatable bonds is 5. The van der Waals surface area contributed by atoms with E-state index in [1.807, 2.05) is 0 Å². The van der Waals surface area contributed by atoms with Crippen LogP contribution >= 0.6 is 0 Å². The molecule has 4 N–H and O–H groups in total. The predicted molar refractivity (Wildman–Crippen MR) is 85.7 cm³/mol. The highest BCUT2D eigenvalue weighted by Gasteiger charge is 2.30. The first kappa shape index (κ1) is 18.5. The van der Waals surface area contributed by atoms with Crippen molar-refractivity contribution in [3.63, 3.8) is 0 Å². The summed E-state index contributed by atoms with van der Waals surface area (Å²) in [6.07, 6.45) is -4.81. The lowest BCUT2D eigenvalue weighted by atomic mass is 10.0. The fourth-order valence-electron chi connectivity index (χ4n) is 2.12. The molecular formula is C17H15F3N2O3. The number of halogens is 3. The number of amides is 1. The third-order valence-corrected chi connectivity index (χ3v) is 3.41. The molecule has 0 aliphatic carbocycles. The lowest BCUT2D eigenvalue weighted by molar-refractivity contribution is -0.140. The summed E-state index contributed by atoms with van der Waals surface area (Å²) < 4.78 is 38.3. The minimum absolute atomic E-state index is 0.384. The minimum Gasteiger partial charge on any atom is -0.480 e. The summed E-state index contributed by atoms with van der Waals surface area (Å²) in [5, 5.41) is 11.1. The summed E-state index contributed by atoms with van der Waals surface area (Å²) in [6, 6.07) is 9.74. The zero-order valence-corrected chi connectivity index (χ0v) is 12.9. The highest BCUT2D eigenvalue weighted by molar-refractivity contribution is 5.94. The summed E-state index contributed by atoms with van der Waals surface area (Å²) in [5.41, 5.74) is 5.85. The summed E-state index contributed by atoms with van der Waals surface area (Å²) in [6.45, 7) is 0. The van der Waals surface area contributed by atoms with Crippen LogP contribution in [0.4, 0.5) is 18.9 Å². The standard InChI is InChI=1S/C17H15F3N2O3/c18-17(19,20)12-3-1-2-11(8-12)10-4-6-13(7-5-10)22-15(23)9-14(21)16(24)25/h1-8,14H,9,21H2,(H,22,23)(H,24,25)/t14-/m0/s1. The van der Waals surface area contributed by atoms with Crippen molar-refractivity contribution in [2.45, 2.75) is 18.6 Å². The van der Waals surface area contributed by atoms with Crippen LogP contribution in [0.15, 0.2) is 48.5 Å². The second-order valence-corrected chi connectivity index (χ2v) is 5.35. The maximum absolute atomic E-state index is 12.8. The molecule has 1 atom stereocenters. The molecule has 0 aliphatic rings. The SMILES string of the molecule is N[C@@H](CC(=O)Nc1ccc(-c2cccc(C(F)(F)F)c2)cc1)C(=O)O. The Morgan fingerprint density at radius 2 is 1.72 bits per heavy atom. The fourth-order valence-corrected chi connectivity index (χ4v) is 2.12. The number of nitrogens with two attached hydrogens (primary N) is 1. The number of aliphatic carboxylic acids is 1. The first-order chi connectivity index (χ1) is 11.7. The van der Waals surface area contributed by atoms with Gasteiger partial charge in [0.05, 0.1) is 12.0 Å². The largest absolute Gasteiger partial charge is 0.480 e. The van der Waals surface area contributed by atoms with Crippen LogP contribution in [-0.2, 0) is 15.8 Å². The molecule has 0 aromatic heterocycles. The monoisotopic (exact) mass is 352 g/mol. The zero-order chi connectivity index (χ0) is 18.6. The molecule has 0 saturated carbocycles. The van der Waals surface area contributed by atoms with Gasteiger partial charge in [-0.25, -0.2) is 0 Å². The smallest absolute Gasteiger partial charge is 0.416 e. The molecule has 5 nitrogen and oxygen atoms in total. The van der Waals surface area contributed by atoms with E-state index in [-0.39, 0.29) is 6.42 Å².